The molecule has 18 heavy (non-hydrogen) atoms. The zero-order valence-electron chi connectivity index (χ0n) is 10.8. The lowest BCUT2D eigenvalue weighted by atomic mass is 9.99. The van der Waals surface area contributed by atoms with Crippen molar-refractivity contribution in [2.45, 2.75) is 20.8 Å². The number of hydrogen-bond acceptors (Lipinski definition) is 1. The van der Waals surface area contributed by atoms with Crippen LogP contribution in [0.1, 0.15) is 32.6 Å². The van der Waals surface area contributed by atoms with Gasteiger partial charge in [0, 0.05) is 11.1 Å². The number of benzene rings is 2. The third-order valence-corrected chi connectivity index (χ3v) is 3.17. The number of carbonyl (C=O) groups is 1. The first-order valence-electron chi connectivity index (χ1n) is 5.86. The summed E-state index contributed by atoms with van der Waals surface area (Å²) in [5.74, 6) is -0.0215. The van der Waals surface area contributed by atoms with E-state index in [1.54, 1.807) is 6.07 Å². The molecule has 2 aromatic carbocycles. The minimum Gasteiger partial charge on any atom is -0.289 e. The Morgan fingerprint density at radius 1 is 0.889 bits per heavy atom. The predicted octanol–water partition coefficient (Wildman–Crippen LogP) is 4.50. The largest absolute Gasteiger partial charge is 0.289 e. The van der Waals surface area contributed by atoms with E-state index in [4.69, 9.17) is 11.6 Å². The summed E-state index contributed by atoms with van der Waals surface area (Å²) < 4.78 is 0. The first kappa shape index (κ1) is 12.8. The van der Waals surface area contributed by atoms with Crippen LogP contribution >= 0.6 is 11.6 Å². The standard InChI is InChI=1S/C16H15ClO/c1-10-4-5-14(15(17)9-10)16(18)13-7-11(2)6-12(3)8-13/h4-9H,1-3H3. The summed E-state index contributed by atoms with van der Waals surface area (Å²) in [6.07, 6.45) is 0. The summed E-state index contributed by atoms with van der Waals surface area (Å²) in [6, 6.07) is 11.3. The Balaban J connectivity index is 2.47. The summed E-state index contributed by atoms with van der Waals surface area (Å²) in [7, 11) is 0. The van der Waals surface area contributed by atoms with Crippen LogP contribution in [0.4, 0.5) is 0 Å². The Morgan fingerprint density at radius 2 is 1.50 bits per heavy atom. The van der Waals surface area contributed by atoms with Gasteiger partial charge in [0.2, 0.25) is 0 Å². The number of rotatable bonds is 2. The van der Waals surface area contributed by atoms with Crippen molar-refractivity contribution in [2.24, 2.45) is 0 Å². The monoisotopic (exact) mass is 258 g/mol. The summed E-state index contributed by atoms with van der Waals surface area (Å²) in [5.41, 5.74) is 4.48. The summed E-state index contributed by atoms with van der Waals surface area (Å²) in [6.45, 7) is 5.93. The molecule has 0 spiro atoms. The van der Waals surface area contributed by atoms with E-state index in [2.05, 4.69) is 0 Å². The maximum atomic E-state index is 12.4. The SMILES string of the molecule is Cc1cc(C)cc(C(=O)c2ccc(C)cc2Cl)c1. The number of halogens is 1. The second-order valence-corrected chi connectivity index (χ2v) is 5.10. The first-order chi connectivity index (χ1) is 8.47. The molecule has 0 atom stereocenters. The second-order valence-electron chi connectivity index (χ2n) is 4.69. The fraction of sp³-hybridized carbons (Fsp3) is 0.188. The van der Waals surface area contributed by atoms with Crippen LogP contribution in [0, 0.1) is 20.8 Å². The van der Waals surface area contributed by atoms with Crippen molar-refractivity contribution in [3.63, 3.8) is 0 Å². The van der Waals surface area contributed by atoms with E-state index in [9.17, 15) is 4.79 Å². The maximum Gasteiger partial charge on any atom is 0.194 e. The zero-order chi connectivity index (χ0) is 13.3. The molecule has 1 nitrogen and oxygen atoms in total. The van der Waals surface area contributed by atoms with E-state index < -0.39 is 0 Å². The summed E-state index contributed by atoms with van der Waals surface area (Å²) in [4.78, 5) is 12.4. The van der Waals surface area contributed by atoms with Crippen LogP contribution in [-0.4, -0.2) is 5.78 Å². The Hall–Kier alpha value is -1.60. The Bertz CT molecular complexity index is 594. The van der Waals surface area contributed by atoms with Crippen molar-refractivity contribution in [3.05, 3.63) is 69.2 Å². The lowest BCUT2D eigenvalue weighted by Crippen LogP contribution is -2.03. The summed E-state index contributed by atoms with van der Waals surface area (Å²) >= 11 is 6.13. The minimum absolute atomic E-state index is 0.0215. The van der Waals surface area contributed by atoms with Crippen LogP contribution in [0.5, 0.6) is 0 Å². The Morgan fingerprint density at radius 3 is 2.06 bits per heavy atom. The van der Waals surface area contributed by atoms with Crippen LogP contribution in [0.25, 0.3) is 0 Å². The molecule has 0 amide bonds. The molecule has 0 aliphatic heterocycles. The normalized spacial score (nSPS) is 10.4. The highest BCUT2D eigenvalue weighted by atomic mass is 35.5. The van der Waals surface area contributed by atoms with Gasteiger partial charge in [0.25, 0.3) is 0 Å². The van der Waals surface area contributed by atoms with Gasteiger partial charge in [-0.1, -0.05) is 34.9 Å². The van der Waals surface area contributed by atoms with Gasteiger partial charge >= 0.3 is 0 Å². The van der Waals surface area contributed by atoms with Crippen molar-refractivity contribution in [2.75, 3.05) is 0 Å². The van der Waals surface area contributed by atoms with Crippen molar-refractivity contribution in [1.82, 2.24) is 0 Å². The van der Waals surface area contributed by atoms with Crippen LogP contribution in [-0.2, 0) is 0 Å². The van der Waals surface area contributed by atoms with Crippen LogP contribution in [0.3, 0.4) is 0 Å². The van der Waals surface area contributed by atoms with Gasteiger partial charge in [0.1, 0.15) is 0 Å². The van der Waals surface area contributed by atoms with Crippen LogP contribution < -0.4 is 0 Å². The molecule has 2 rings (SSSR count). The number of carbonyl (C=O) groups excluding carboxylic acids is 1. The van der Waals surface area contributed by atoms with E-state index >= 15 is 0 Å². The third-order valence-electron chi connectivity index (χ3n) is 2.85. The van der Waals surface area contributed by atoms with E-state index in [1.807, 2.05) is 51.1 Å². The van der Waals surface area contributed by atoms with Crippen molar-refractivity contribution < 1.29 is 4.79 Å². The van der Waals surface area contributed by atoms with Crippen LogP contribution in [0.2, 0.25) is 5.02 Å². The molecule has 0 bridgehead atoms. The highest BCUT2D eigenvalue weighted by molar-refractivity contribution is 6.35. The molecule has 0 heterocycles. The molecule has 92 valence electrons. The lowest BCUT2D eigenvalue weighted by molar-refractivity contribution is 0.103. The van der Waals surface area contributed by atoms with E-state index in [0.717, 1.165) is 16.7 Å². The smallest absolute Gasteiger partial charge is 0.194 e. The molecular weight excluding hydrogens is 244 g/mol. The molecule has 0 aliphatic rings. The number of hydrogen-bond donors (Lipinski definition) is 0. The Kier molecular flexibility index (Phi) is 3.53. The molecule has 0 N–H and O–H groups in total. The highest BCUT2D eigenvalue weighted by Gasteiger charge is 2.13. The zero-order valence-corrected chi connectivity index (χ0v) is 11.5. The van der Waals surface area contributed by atoms with Gasteiger partial charge in [-0.05, 0) is 50.6 Å². The molecule has 0 fully saturated rings. The van der Waals surface area contributed by atoms with Gasteiger partial charge < -0.3 is 0 Å². The van der Waals surface area contributed by atoms with Gasteiger partial charge in [-0.3, -0.25) is 4.79 Å². The van der Waals surface area contributed by atoms with E-state index in [-0.39, 0.29) is 5.78 Å². The first-order valence-corrected chi connectivity index (χ1v) is 6.24. The fourth-order valence-corrected chi connectivity index (χ4v) is 2.39. The van der Waals surface area contributed by atoms with Crippen molar-refractivity contribution >= 4 is 17.4 Å². The van der Waals surface area contributed by atoms with E-state index in [0.29, 0.717) is 16.1 Å². The molecule has 0 radical (unpaired) electrons. The maximum absolute atomic E-state index is 12.4. The van der Waals surface area contributed by atoms with Gasteiger partial charge in [-0.15, -0.1) is 0 Å². The molecule has 0 aliphatic carbocycles. The van der Waals surface area contributed by atoms with Crippen molar-refractivity contribution in [3.8, 4) is 0 Å². The van der Waals surface area contributed by atoms with E-state index in [1.165, 1.54) is 0 Å². The van der Waals surface area contributed by atoms with Gasteiger partial charge in [-0.25, -0.2) is 0 Å². The molecule has 0 aromatic heterocycles. The van der Waals surface area contributed by atoms with Gasteiger partial charge in [0.05, 0.1) is 5.02 Å². The topological polar surface area (TPSA) is 17.1 Å². The average molecular weight is 259 g/mol. The van der Waals surface area contributed by atoms with Gasteiger partial charge in [-0.2, -0.15) is 0 Å². The van der Waals surface area contributed by atoms with Gasteiger partial charge in [0.15, 0.2) is 5.78 Å². The molecule has 2 aromatic rings. The molecule has 2 heteroatoms. The third kappa shape index (κ3) is 2.62. The average Bonchev–Trinajstić information content (AvgIpc) is 2.26. The summed E-state index contributed by atoms with van der Waals surface area (Å²) in [5, 5.41) is 0.513. The van der Waals surface area contributed by atoms with Crippen molar-refractivity contribution in [1.29, 1.82) is 0 Å². The molecule has 0 unspecified atom stereocenters. The number of ketones is 1. The second kappa shape index (κ2) is 4.95. The number of aryl methyl sites for hydroxylation is 3. The quantitative estimate of drug-likeness (QED) is 0.725. The molecule has 0 saturated carbocycles. The fourth-order valence-electron chi connectivity index (χ4n) is 2.07. The Labute approximate surface area is 112 Å². The lowest BCUT2D eigenvalue weighted by Gasteiger charge is -2.07. The minimum atomic E-state index is -0.0215. The highest BCUT2D eigenvalue weighted by Crippen LogP contribution is 2.22. The van der Waals surface area contributed by atoms with Crippen LogP contribution in [0.15, 0.2) is 36.4 Å². The molecular formula is C16H15ClO. The molecule has 0 saturated heterocycles. The predicted molar refractivity (Wildman–Crippen MR) is 75.5 cm³/mol.